The monoisotopic (exact) mass is 232 g/mol. The Labute approximate surface area is 90.3 Å². The molecule has 0 N–H and O–H groups in total. The highest BCUT2D eigenvalue weighted by atomic mass is 35.5. The van der Waals surface area contributed by atoms with E-state index in [0.717, 1.165) is 6.07 Å². The second-order valence-electron chi connectivity index (χ2n) is 2.65. The van der Waals surface area contributed by atoms with Crippen molar-refractivity contribution in [2.24, 2.45) is 0 Å². The number of pyridine rings is 1. The van der Waals surface area contributed by atoms with Crippen molar-refractivity contribution in [3.05, 3.63) is 22.5 Å². The Bertz CT molecular complexity index is 404. The molecule has 0 radical (unpaired) electrons. The van der Waals surface area contributed by atoms with Crippen LogP contribution in [0.25, 0.3) is 0 Å². The highest BCUT2D eigenvalue weighted by Crippen LogP contribution is 2.33. The molecule has 0 unspecified atom stereocenters. The average molecular weight is 233 g/mol. The number of aromatic nitrogens is 1. The van der Waals surface area contributed by atoms with E-state index < -0.39 is 6.43 Å². The molecule has 1 rings (SSSR count). The maximum Gasteiger partial charge on any atom is 0.267 e. The SMILES string of the molecule is COc1c(C(F)F)cc(Cl)nc1CC#N. The van der Waals surface area contributed by atoms with Gasteiger partial charge in [0.25, 0.3) is 6.43 Å². The van der Waals surface area contributed by atoms with Crippen LogP contribution in [0, 0.1) is 11.3 Å². The van der Waals surface area contributed by atoms with Crippen LogP contribution in [0.15, 0.2) is 6.07 Å². The van der Waals surface area contributed by atoms with Crippen molar-refractivity contribution in [3.63, 3.8) is 0 Å². The van der Waals surface area contributed by atoms with Crippen molar-refractivity contribution in [1.29, 1.82) is 5.26 Å². The van der Waals surface area contributed by atoms with E-state index in [1.807, 2.05) is 0 Å². The molecule has 3 nitrogen and oxygen atoms in total. The number of nitriles is 1. The first-order valence-corrected chi connectivity index (χ1v) is 4.36. The first-order chi connectivity index (χ1) is 7.10. The second kappa shape index (κ2) is 4.89. The van der Waals surface area contributed by atoms with Gasteiger partial charge < -0.3 is 4.74 Å². The fraction of sp³-hybridized carbons (Fsp3) is 0.333. The Morgan fingerprint density at radius 1 is 1.67 bits per heavy atom. The van der Waals surface area contributed by atoms with Gasteiger partial charge in [0, 0.05) is 0 Å². The quantitative estimate of drug-likeness (QED) is 0.753. The van der Waals surface area contributed by atoms with Crippen LogP contribution in [-0.4, -0.2) is 12.1 Å². The fourth-order valence-corrected chi connectivity index (χ4v) is 1.38. The number of ether oxygens (including phenoxy) is 1. The molecule has 15 heavy (non-hydrogen) atoms. The second-order valence-corrected chi connectivity index (χ2v) is 3.04. The largest absolute Gasteiger partial charge is 0.494 e. The molecule has 0 bridgehead atoms. The Hall–Kier alpha value is -1.41. The lowest BCUT2D eigenvalue weighted by molar-refractivity contribution is 0.146. The van der Waals surface area contributed by atoms with Gasteiger partial charge in [0.1, 0.15) is 10.9 Å². The molecule has 0 aliphatic rings. The van der Waals surface area contributed by atoms with Crippen molar-refractivity contribution in [3.8, 4) is 11.8 Å². The summed E-state index contributed by atoms with van der Waals surface area (Å²) in [6.07, 6.45) is -2.83. The molecule has 0 atom stereocenters. The van der Waals surface area contributed by atoms with Gasteiger partial charge in [0.2, 0.25) is 0 Å². The minimum Gasteiger partial charge on any atom is -0.494 e. The summed E-state index contributed by atoms with van der Waals surface area (Å²) in [4.78, 5) is 3.76. The number of nitrogens with zero attached hydrogens (tertiary/aromatic N) is 2. The molecular formula is C9H7ClF2N2O. The van der Waals surface area contributed by atoms with Crippen molar-refractivity contribution < 1.29 is 13.5 Å². The number of hydrogen-bond acceptors (Lipinski definition) is 3. The zero-order valence-electron chi connectivity index (χ0n) is 7.80. The van der Waals surface area contributed by atoms with E-state index >= 15 is 0 Å². The van der Waals surface area contributed by atoms with Crippen molar-refractivity contribution in [2.45, 2.75) is 12.8 Å². The van der Waals surface area contributed by atoms with E-state index in [-0.39, 0.29) is 28.6 Å². The van der Waals surface area contributed by atoms with Crippen molar-refractivity contribution in [1.82, 2.24) is 4.98 Å². The molecule has 0 aromatic carbocycles. The maximum absolute atomic E-state index is 12.6. The lowest BCUT2D eigenvalue weighted by atomic mass is 10.1. The first-order valence-electron chi connectivity index (χ1n) is 3.98. The summed E-state index contributed by atoms with van der Waals surface area (Å²) in [7, 11) is 1.25. The van der Waals surface area contributed by atoms with E-state index in [2.05, 4.69) is 4.98 Å². The van der Waals surface area contributed by atoms with Gasteiger partial charge in [-0.2, -0.15) is 5.26 Å². The third-order valence-electron chi connectivity index (χ3n) is 1.73. The highest BCUT2D eigenvalue weighted by molar-refractivity contribution is 6.29. The summed E-state index contributed by atoms with van der Waals surface area (Å²) in [5, 5.41) is 8.41. The number of halogens is 3. The van der Waals surface area contributed by atoms with Gasteiger partial charge in [0.05, 0.1) is 30.9 Å². The van der Waals surface area contributed by atoms with E-state index in [1.54, 1.807) is 6.07 Å². The Kier molecular flexibility index (Phi) is 3.81. The molecular weight excluding hydrogens is 226 g/mol. The lowest BCUT2D eigenvalue weighted by Gasteiger charge is -2.10. The van der Waals surface area contributed by atoms with Crippen LogP contribution in [0.4, 0.5) is 8.78 Å². The molecule has 1 aromatic heterocycles. The van der Waals surface area contributed by atoms with Gasteiger partial charge in [0.15, 0.2) is 0 Å². The highest BCUT2D eigenvalue weighted by Gasteiger charge is 2.19. The molecule has 1 heterocycles. The average Bonchev–Trinajstić information content (AvgIpc) is 2.17. The van der Waals surface area contributed by atoms with Crippen LogP contribution in [0.5, 0.6) is 5.75 Å². The fourth-order valence-electron chi connectivity index (χ4n) is 1.16. The molecule has 1 aromatic rings. The summed E-state index contributed by atoms with van der Waals surface area (Å²) >= 11 is 5.55. The molecule has 0 saturated carbocycles. The Balaban J connectivity index is 3.33. The third kappa shape index (κ3) is 2.54. The van der Waals surface area contributed by atoms with Gasteiger partial charge in [-0.3, -0.25) is 0 Å². The van der Waals surface area contributed by atoms with E-state index in [1.165, 1.54) is 7.11 Å². The zero-order chi connectivity index (χ0) is 11.4. The van der Waals surface area contributed by atoms with Crippen LogP contribution in [0.2, 0.25) is 5.15 Å². The van der Waals surface area contributed by atoms with Gasteiger partial charge in [-0.15, -0.1) is 0 Å². The van der Waals surface area contributed by atoms with Crippen LogP contribution in [0.1, 0.15) is 17.7 Å². The number of alkyl halides is 2. The summed E-state index contributed by atoms with van der Waals surface area (Å²) in [6, 6.07) is 2.84. The number of rotatable bonds is 3. The standard InChI is InChI=1S/C9H7ClF2N2O/c1-15-8-5(9(11)12)4-7(10)14-6(8)2-3-13/h4,9H,2H2,1H3. The Morgan fingerprint density at radius 3 is 2.80 bits per heavy atom. The summed E-state index contributed by atoms with van der Waals surface area (Å²) in [6.45, 7) is 0. The van der Waals surface area contributed by atoms with Gasteiger partial charge in [-0.25, -0.2) is 13.8 Å². The molecule has 0 aliphatic heterocycles. The topological polar surface area (TPSA) is 45.9 Å². The van der Waals surface area contributed by atoms with Crippen molar-refractivity contribution >= 4 is 11.6 Å². The molecule has 0 fully saturated rings. The maximum atomic E-state index is 12.6. The zero-order valence-corrected chi connectivity index (χ0v) is 8.55. The molecule has 80 valence electrons. The van der Waals surface area contributed by atoms with Gasteiger partial charge >= 0.3 is 0 Å². The summed E-state index contributed by atoms with van der Waals surface area (Å²) in [5.74, 6) is -0.0732. The summed E-state index contributed by atoms with van der Waals surface area (Å²) < 4.78 is 29.9. The minimum absolute atomic E-state index is 0.0728. The first kappa shape index (κ1) is 11.7. The predicted molar refractivity (Wildman–Crippen MR) is 50.1 cm³/mol. The smallest absolute Gasteiger partial charge is 0.267 e. The molecule has 0 saturated heterocycles. The molecule has 0 spiro atoms. The third-order valence-corrected chi connectivity index (χ3v) is 1.92. The number of hydrogen-bond donors (Lipinski definition) is 0. The van der Waals surface area contributed by atoms with E-state index in [4.69, 9.17) is 21.6 Å². The van der Waals surface area contributed by atoms with Crippen LogP contribution < -0.4 is 4.74 Å². The van der Waals surface area contributed by atoms with Crippen LogP contribution in [-0.2, 0) is 6.42 Å². The van der Waals surface area contributed by atoms with Crippen molar-refractivity contribution in [2.75, 3.05) is 7.11 Å². The lowest BCUT2D eigenvalue weighted by Crippen LogP contribution is -2.01. The van der Waals surface area contributed by atoms with Crippen LogP contribution in [0.3, 0.4) is 0 Å². The molecule has 0 aliphatic carbocycles. The predicted octanol–water partition coefficient (Wildman–Crippen LogP) is 2.75. The van der Waals surface area contributed by atoms with Crippen LogP contribution >= 0.6 is 11.6 Å². The van der Waals surface area contributed by atoms with Gasteiger partial charge in [-0.05, 0) is 6.07 Å². The van der Waals surface area contributed by atoms with E-state index in [9.17, 15) is 8.78 Å². The minimum atomic E-state index is -2.71. The molecule has 0 amide bonds. The normalized spacial score (nSPS) is 10.1. The van der Waals surface area contributed by atoms with E-state index in [0.29, 0.717) is 0 Å². The van der Waals surface area contributed by atoms with Gasteiger partial charge in [-0.1, -0.05) is 11.6 Å². The Morgan fingerprint density at radius 2 is 2.33 bits per heavy atom. The number of methoxy groups -OCH3 is 1. The molecule has 6 heteroatoms. The summed E-state index contributed by atoms with van der Waals surface area (Å²) in [5.41, 5.74) is -0.217.